The number of hydrogen-bond donors (Lipinski definition) is 1. The molecule has 23 heavy (non-hydrogen) atoms. The summed E-state index contributed by atoms with van der Waals surface area (Å²) in [5.41, 5.74) is 3.42. The highest BCUT2D eigenvalue weighted by Crippen LogP contribution is 2.22. The maximum absolute atomic E-state index is 12.6. The molecule has 0 saturated carbocycles. The van der Waals surface area contributed by atoms with Crippen LogP contribution in [0.15, 0.2) is 48.7 Å². The van der Waals surface area contributed by atoms with Crippen molar-refractivity contribution in [3.8, 4) is 0 Å². The van der Waals surface area contributed by atoms with Gasteiger partial charge < -0.3 is 4.90 Å². The highest BCUT2D eigenvalue weighted by Gasteiger charge is 2.27. The molecule has 4 rings (SSSR count). The first-order valence-corrected chi connectivity index (χ1v) is 7.93. The largest absolute Gasteiger partial charge is 0.337 e. The molecule has 5 heteroatoms. The number of nitrogens with one attached hydrogen (secondary N) is 1. The summed E-state index contributed by atoms with van der Waals surface area (Å²) in [5.74, 6) is 0.544. The van der Waals surface area contributed by atoms with E-state index in [2.05, 4.69) is 39.4 Å². The van der Waals surface area contributed by atoms with E-state index in [-0.39, 0.29) is 5.91 Å². The van der Waals surface area contributed by atoms with Crippen LogP contribution >= 0.6 is 0 Å². The standard InChI is InChI=1S/C18H18N4O/c23-18(16-7-6-15-17(20-16)11-19-21-15)22-9-8-14(12-22)10-13-4-2-1-3-5-13/h1-7,11,14H,8-10,12H2,(H,19,21). The minimum atomic E-state index is 0.0173. The van der Waals surface area contributed by atoms with Gasteiger partial charge in [0.25, 0.3) is 5.91 Å². The number of aromatic nitrogens is 3. The van der Waals surface area contributed by atoms with Crippen molar-refractivity contribution in [2.75, 3.05) is 13.1 Å². The Bertz CT molecular complexity index is 827. The number of rotatable bonds is 3. The Morgan fingerprint density at radius 1 is 1.22 bits per heavy atom. The van der Waals surface area contributed by atoms with E-state index in [1.165, 1.54) is 5.56 Å². The van der Waals surface area contributed by atoms with Crippen molar-refractivity contribution in [2.45, 2.75) is 12.8 Å². The van der Waals surface area contributed by atoms with Gasteiger partial charge in [-0.1, -0.05) is 30.3 Å². The first kappa shape index (κ1) is 13.9. The summed E-state index contributed by atoms with van der Waals surface area (Å²) in [4.78, 5) is 19.0. The molecular weight excluding hydrogens is 288 g/mol. The highest BCUT2D eigenvalue weighted by atomic mass is 16.2. The molecule has 1 unspecified atom stereocenters. The van der Waals surface area contributed by atoms with Crippen LogP contribution in [0.25, 0.3) is 11.0 Å². The van der Waals surface area contributed by atoms with Crippen molar-refractivity contribution < 1.29 is 4.79 Å². The Morgan fingerprint density at radius 2 is 2.09 bits per heavy atom. The van der Waals surface area contributed by atoms with E-state index in [0.29, 0.717) is 11.6 Å². The van der Waals surface area contributed by atoms with Crippen LogP contribution in [-0.2, 0) is 6.42 Å². The van der Waals surface area contributed by atoms with Crippen molar-refractivity contribution in [1.82, 2.24) is 20.1 Å². The molecule has 1 saturated heterocycles. The molecule has 0 spiro atoms. The second kappa shape index (κ2) is 5.83. The number of carbonyl (C=O) groups is 1. The van der Waals surface area contributed by atoms with E-state index in [4.69, 9.17) is 0 Å². The predicted octanol–water partition coefficient (Wildman–Crippen LogP) is 2.66. The fourth-order valence-corrected chi connectivity index (χ4v) is 3.24. The number of H-pyrrole nitrogens is 1. The number of pyridine rings is 1. The van der Waals surface area contributed by atoms with Gasteiger partial charge in [0.2, 0.25) is 0 Å². The molecule has 3 aromatic rings. The Hall–Kier alpha value is -2.69. The number of fused-ring (bicyclic) bond motifs is 1. The smallest absolute Gasteiger partial charge is 0.272 e. The van der Waals surface area contributed by atoms with Crippen LogP contribution in [0, 0.1) is 5.92 Å². The van der Waals surface area contributed by atoms with Gasteiger partial charge in [0.15, 0.2) is 0 Å². The van der Waals surface area contributed by atoms with E-state index < -0.39 is 0 Å². The number of benzene rings is 1. The molecular formula is C18H18N4O. The zero-order chi connectivity index (χ0) is 15.6. The van der Waals surface area contributed by atoms with Gasteiger partial charge in [0, 0.05) is 13.1 Å². The molecule has 5 nitrogen and oxygen atoms in total. The maximum Gasteiger partial charge on any atom is 0.272 e. The first-order valence-electron chi connectivity index (χ1n) is 7.93. The van der Waals surface area contributed by atoms with Gasteiger partial charge in [0.1, 0.15) is 11.2 Å². The number of hydrogen-bond acceptors (Lipinski definition) is 3. The third-order valence-corrected chi connectivity index (χ3v) is 4.46. The van der Waals surface area contributed by atoms with Crippen LogP contribution in [0.5, 0.6) is 0 Å². The minimum Gasteiger partial charge on any atom is -0.337 e. The molecule has 1 N–H and O–H groups in total. The summed E-state index contributed by atoms with van der Waals surface area (Å²) < 4.78 is 0. The highest BCUT2D eigenvalue weighted by molar-refractivity contribution is 5.94. The van der Waals surface area contributed by atoms with Crippen LogP contribution in [0.4, 0.5) is 0 Å². The van der Waals surface area contributed by atoms with Gasteiger partial charge in [0.05, 0.1) is 11.7 Å². The van der Waals surface area contributed by atoms with Crippen LogP contribution in [-0.4, -0.2) is 39.1 Å². The maximum atomic E-state index is 12.6. The number of amides is 1. The van der Waals surface area contributed by atoms with Gasteiger partial charge in [-0.15, -0.1) is 0 Å². The molecule has 0 radical (unpaired) electrons. The molecule has 0 bridgehead atoms. The zero-order valence-electron chi connectivity index (χ0n) is 12.8. The van der Waals surface area contributed by atoms with Gasteiger partial charge in [-0.2, -0.15) is 5.10 Å². The molecule has 1 atom stereocenters. The Balaban J connectivity index is 1.45. The Morgan fingerprint density at radius 3 is 2.96 bits per heavy atom. The second-order valence-corrected chi connectivity index (χ2v) is 6.09. The molecule has 1 aliphatic heterocycles. The van der Waals surface area contributed by atoms with Gasteiger partial charge in [-0.05, 0) is 36.5 Å². The minimum absolute atomic E-state index is 0.0173. The average molecular weight is 306 g/mol. The summed E-state index contributed by atoms with van der Waals surface area (Å²) in [6.45, 7) is 1.61. The van der Waals surface area contributed by atoms with Crippen molar-refractivity contribution in [2.24, 2.45) is 5.92 Å². The number of carbonyl (C=O) groups excluding carboxylic acids is 1. The SMILES string of the molecule is O=C(c1ccc2[nH]ncc2n1)N1CCC(Cc2ccccc2)C1. The van der Waals surface area contributed by atoms with Crippen molar-refractivity contribution in [1.29, 1.82) is 0 Å². The molecule has 1 aromatic carbocycles. The van der Waals surface area contributed by atoms with E-state index in [1.54, 1.807) is 12.3 Å². The van der Waals surface area contributed by atoms with Crippen LogP contribution in [0.2, 0.25) is 0 Å². The summed E-state index contributed by atoms with van der Waals surface area (Å²) in [5, 5.41) is 6.80. The van der Waals surface area contributed by atoms with Gasteiger partial charge in [-0.25, -0.2) is 4.98 Å². The molecule has 2 aromatic heterocycles. The fraction of sp³-hybridized carbons (Fsp3) is 0.278. The average Bonchev–Trinajstić information content (AvgIpc) is 3.23. The quantitative estimate of drug-likeness (QED) is 0.809. The molecule has 1 fully saturated rings. The lowest BCUT2D eigenvalue weighted by molar-refractivity contribution is 0.0781. The van der Waals surface area contributed by atoms with E-state index >= 15 is 0 Å². The van der Waals surface area contributed by atoms with Crippen molar-refractivity contribution in [3.63, 3.8) is 0 Å². The van der Waals surface area contributed by atoms with Crippen molar-refractivity contribution in [3.05, 3.63) is 59.9 Å². The Labute approximate surface area is 134 Å². The molecule has 116 valence electrons. The fourth-order valence-electron chi connectivity index (χ4n) is 3.24. The third kappa shape index (κ3) is 2.82. The van der Waals surface area contributed by atoms with Gasteiger partial charge in [-0.3, -0.25) is 9.89 Å². The summed E-state index contributed by atoms with van der Waals surface area (Å²) in [6.07, 6.45) is 3.72. The predicted molar refractivity (Wildman–Crippen MR) is 88.0 cm³/mol. The van der Waals surface area contributed by atoms with E-state index in [9.17, 15) is 4.79 Å². The third-order valence-electron chi connectivity index (χ3n) is 4.46. The number of nitrogens with zero attached hydrogens (tertiary/aromatic N) is 3. The molecule has 1 aliphatic rings. The first-order chi connectivity index (χ1) is 11.3. The van der Waals surface area contributed by atoms with Gasteiger partial charge >= 0.3 is 0 Å². The monoisotopic (exact) mass is 306 g/mol. The zero-order valence-corrected chi connectivity index (χ0v) is 12.8. The molecule has 1 amide bonds. The van der Waals surface area contributed by atoms with Crippen LogP contribution < -0.4 is 0 Å². The lowest BCUT2D eigenvalue weighted by atomic mass is 9.99. The second-order valence-electron chi connectivity index (χ2n) is 6.09. The Kier molecular flexibility index (Phi) is 3.54. The van der Waals surface area contributed by atoms with Crippen molar-refractivity contribution >= 4 is 16.9 Å². The normalized spacial score (nSPS) is 17.7. The summed E-state index contributed by atoms with van der Waals surface area (Å²) in [6, 6.07) is 14.1. The number of aromatic amines is 1. The number of likely N-dealkylation sites (tertiary alicyclic amines) is 1. The summed E-state index contributed by atoms with van der Waals surface area (Å²) in [7, 11) is 0. The lowest BCUT2D eigenvalue weighted by Gasteiger charge is -2.16. The molecule has 0 aliphatic carbocycles. The van der Waals surface area contributed by atoms with Crippen LogP contribution in [0.3, 0.4) is 0 Å². The van der Waals surface area contributed by atoms with Crippen LogP contribution in [0.1, 0.15) is 22.5 Å². The summed E-state index contributed by atoms with van der Waals surface area (Å²) >= 11 is 0. The lowest BCUT2D eigenvalue weighted by Crippen LogP contribution is -2.29. The topological polar surface area (TPSA) is 61.9 Å². The van der Waals surface area contributed by atoms with E-state index in [0.717, 1.165) is 37.0 Å². The van der Waals surface area contributed by atoms with E-state index in [1.807, 2.05) is 17.0 Å². The molecule has 3 heterocycles.